The van der Waals surface area contributed by atoms with Crippen LogP contribution in [0.4, 0.5) is 5.82 Å². The van der Waals surface area contributed by atoms with Crippen LogP contribution in [-0.4, -0.2) is 56.1 Å². The maximum atomic E-state index is 6.65. The molecule has 0 amide bonds. The molecule has 29 heavy (non-hydrogen) atoms. The zero-order valence-electron chi connectivity index (χ0n) is 16.0. The monoisotopic (exact) mass is 426 g/mol. The molecule has 1 aliphatic rings. The highest BCUT2D eigenvalue weighted by Gasteiger charge is 2.30. The average Bonchev–Trinajstić information content (AvgIpc) is 3.03. The lowest BCUT2D eigenvalue weighted by Crippen LogP contribution is -2.57. The molecule has 0 aromatic carbocycles. The Morgan fingerprint density at radius 1 is 1.24 bits per heavy atom. The molecule has 2 N–H and O–H groups in total. The second-order valence-corrected chi connectivity index (χ2v) is 8.31. The van der Waals surface area contributed by atoms with Crippen molar-refractivity contribution >= 4 is 51.4 Å². The molecule has 1 aliphatic heterocycles. The van der Waals surface area contributed by atoms with Gasteiger partial charge in [0.05, 0.1) is 10.4 Å². The summed E-state index contributed by atoms with van der Waals surface area (Å²) in [4.78, 5) is 29.0. The molecule has 0 saturated carbocycles. The number of hydrogen-bond acceptors (Lipinski definition) is 8. The lowest BCUT2D eigenvalue weighted by atomic mass is 10.1. The number of nitrogens with one attached hydrogen (secondary N) is 2. The number of hydrogen-bond donors (Lipinski definition) is 2. The first-order valence-corrected chi connectivity index (χ1v) is 10.6. The summed E-state index contributed by atoms with van der Waals surface area (Å²) >= 11 is 8.10. The number of aromatic nitrogens is 6. The molecule has 148 valence electrons. The van der Waals surface area contributed by atoms with Gasteiger partial charge in [-0.1, -0.05) is 18.5 Å². The Kier molecular flexibility index (Phi) is 4.73. The average molecular weight is 427 g/mol. The molecule has 0 bridgehead atoms. The highest BCUT2D eigenvalue weighted by atomic mass is 35.5. The number of halogens is 1. The van der Waals surface area contributed by atoms with Gasteiger partial charge in [-0.2, -0.15) is 0 Å². The Bertz CT molecular complexity index is 1200. The maximum absolute atomic E-state index is 6.65. The van der Waals surface area contributed by atoms with Crippen molar-refractivity contribution in [2.45, 2.75) is 29.4 Å². The quantitative estimate of drug-likeness (QED) is 0.470. The van der Waals surface area contributed by atoms with Crippen molar-refractivity contribution in [3.63, 3.8) is 0 Å². The first-order valence-electron chi connectivity index (χ1n) is 9.41. The summed E-state index contributed by atoms with van der Waals surface area (Å²) in [6, 6.07) is 2.41. The van der Waals surface area contributed by atoms with Gasteiger partial charge in [0, 0.05) is 48.3 Å². The van der Waals surface area contributed by atoms with Crippen LogP contribution in [0.3, 0.4) is 0 Å². The van der Waals surface area contributed by atoms with Crippen molar-refractivity contribution in [2.24, 2.45) is 0 Å². The normalized spacial score (nSPS) is 14.7. The van der Waals surface area contributed by atoms with Crippen molar-refractivity contribution in [1.82, 2.24) is 35.2 Å². The van der Waals surface area contributed by atoms with Crippen molar-refractivity contribution in [3.8, 4) is 0 Å². The van der Waals surface area contributed by atoms with Gasteiger partial charge in [0.1, 0.15) is 17.0 Å². The van der Waals surface area contributed by atoms with Gasteiger partial charge in [0.15, 0.2) is 10.8 Å². The zero-order chi connectivity index (χ0) is 20.0. The molecule has 0 unspecified atom stereocenters. The van der Waals surface area contributed by atoms with Crippen molar-refractivity contribution in [3.05, 3.63) is 35.4 Å². The summed E-state index contributed by atoms with van der Waals surface area (Å²) in [5.41, 5.74) is 3.11. The van der Waals surface area contributed by atoms with E-state index in [1.165, 1.54) is 11.8 Å². The van der Waals surface area contributed by atoms with E-state index in [9.17, 15) is 0 Å². The number of anilines is 1. The van der Waals surface area contributed by atoms with Crippen LogP contribution in [0.2, 0.25) is 5.02 Å². The molecule has 1 fully saturated rings. The standard InChI is InChI=1S/C19H19ClN8S/c1-3-12-15(20)14-17(25-12)26-19(27-18(14)28-8-10(9-28)21-2)29-11-6-13-16(24-7-11)23-5-4-22-13/h4-7,10,21H,3,8-9H2,1-2H3,(H,25,26,27). The van der Waals surface area contributed by atoms with E-state index in [4.69, 9.17) is 21.6 Å². The molecule has 5 heterocycles. The zero-order valence-corrected chi connectivity index (χ0v) is 17.5. The summed E-state index contributed by atoms with van der Waals surface area (Å²) in [5.74, 6) is 0.874. The minimum atomic E-state index is 0.461. The molecular weight excluding hydrogens is 408 g/mol. The predicted molar refractivity (Wildman–Crippen MR) is 115 cm³/mol. The van der Waals surface area contributed by atoms with Crippen LogP contribution in [0.1, 0.15) is 12.6 Å². The number of nitrogens with zero attached hydrogens (tertiary/aromatic N) is 6. The Hall–Kier alpha value is -2.49. The van der Waals surface area contributed by atoms with Crippen LogP contribution in [0, 0.1) is 0 Å². The van der Waals surface area contributed by atoms with E-state index in [1.807, 2.05) is 13.1 Å². The van der Waals surface area contributed by atoms with Crippen LogP contribution in [0.5, 0.6) is 0 Å². The minimum Gasteiger partial charge on any atom is -0.353 e. The highest BCUT2D eigenvalue weighted by Crippen LogP contribution is 2.38. The summed E-state index contributed by atoms with van der Waals surface area (Å²) in [5, 5.41) is 5.55. The first kappa shape index (κ1) is 18.5. The third-order valence-electron chi connectivity index (χ3n) is 5.07. The number of fused-ring (bicyclic) bond motifs is 2. The molecule has 0 spiro atoms. The summed E-state index contributed by atoms with van der Waals surface area (Å²) in [7, 11) is 1.98. The van der Waals surface area contributed by atoms with E-state index >= 15 is 0 Å². The summed E-state index contributed by atoms with van der Waals surface area (Å²) in [6.07, 6.45) is 5.88. The molecule has 0 atom stereocenters. The topological polar surface area (TPSA) is 95.5 Å². The van der Waals surface area contributed by atoms with Gasteiger partial charge in [-0.3, -0.25) is 4.98 Å². The lowest BCUT2D eigenvalue weighted by molar-refractivity contribution is 0.447. The van der Waals surface area contributed by atoms with E-state index in [0.29, 0.717) is 21.9 Å². The van der Waals surface area contributed by atoms with Crippen LogP contribution in [0.15, 0.2) is 34.7 Å². The molecule has 4 aromatic heterocycles. The Balaban J connectivity index is 1.56. The van der Waals surface area contributed by atoms with Crippen LogP contribution in [-0.2, 0) is 6.42 Å². The van der Waals surface area contributed by atoms with Crippen LogP contribution in [0.25, 0.3) is 22.2 Å². The van der Waals surface area contributed by atoms with Crippen LogP contribution >= 0.6 is 23.4 Å². The fourth-order valence-electron chi connectivity index (χ4n) is 3.42. The number of rotatable bonds is 5. The van der Waals surface area contributed by atoms with Crippen LogP contribution < -0.4 is 10.2 Å². The molecule has 0 aliphatic carbocycles. The Labute approximate surface area is 176 Å². The molecule has 0 radical (unpaired) electrons. The maximum Gasteiger partial charge on any atom is 0.196 e. The molecule has 1 saturated heterocycles. The van der Waals surface area contributed by atoms with Gasteiger partial charge < -0.3 is 15.2 Å². The van der Waals surface area contributed by atoms with E-state index in [1.54, 1.807) is 18.6 Å². The van der Waals surface area contributed by atoms with E-state index in [-0.39, 0.29) is 0 Å². The summed E-state index contributed by atoms with van der Waals surface area (Å²) in [6.45, 7) is 3.85. The number of aryl methyl sites for hydroxylation is 1. The predicted octanol–water partition coefficient (Wildman–Crippen LogP) is 3.07. The Morgan fingerprint density at radius 2 is 2.07 bits per heavy atom. The van der Waals surface area contributed by atoms with Crippen molar-refractivity contribution < 1.29 is 0 Å². The van der Waals surface area contributed by atoms with Gasteiger partial charge >= 0.3 is 0 Å². The largest absolute Gasteiger partial charge is 0.353 e. The lowest BCUT2D eigenvalue weighted by Gasteiger charge is -2.40. The third kappa shape index (κ3) is 3.29. The molecule has 10 heteroatoms. The van der Waals surface area contributed by atoms with Gasteiger partial charge in [-0.05, 0) is 31.3 Å². The second kappa shape index (κ2) is 7.40. The molecule has 4 aromatic rings. The van der Waals surface area contributed by atoms with E-state index in [2.05, 4.69) is 37.1 Å². The number of aromatic amines is 1. The SMILES string of the molecule is CCc1[nH]c2nc(Sc3cnc4nccnc4c3)nc(N3CC(NC)C3)c2c1Cl. The van der Waals surface area contributed by atoms with Gasteiger partial charge in [0.25, 0.3) is 0 Å². The number of H-pyrrole nitrogens is 1. The fourth-order valence-corrected chi connectivity index (χ4v) is 4.53. The summed E-state index contributed by atoms with van der Waals surface area (Å²) < 4.78 is 0. The van der Waals surface area contributed by atoms with Gasteiger partial charge in [-0.25, -0.2) is 19.9 Å². The van der Waals surface area contributed by atoms with Crippen molar-refractivity contribution in [2.75, 3.05) is 25.0 Å². The van der Waals surface area contributed by atoms with Gasteiger partial charge in [-0.15, -0.1) is 0 Å². The molecular formula is C19H19ClN8S. The first-order chi connectivity index (χ1) is 14.2. The smallest absolute Gasteiger partial charge is 0.196 e. The Morgan fingerprint density at radius 3 is 2.86 bits per heavy atom. The molecule has 8 nitrogen and oxygen atoms in total. The number of pyridine rings is 1. The second-order valence-electron chi connectivity index (χ2n) is 6.89. The third-order valence-corrected chi connectivity index (χ3v) is 6.32. The highest BCUT2D eigenvalue weighted by molar-refractivity contribution is 7.99. The van der Waals surface area contributed by atoms with Crippen molar-refractivity contribution in [1.29, 1.82) is 0 Å². The fraction of sp³-hybridized carbons (Fsp3) is 0.316. The minimum absolute atomic E-state index is 0.461. The van der Waals surface area contributed by atoms with E-state index in [0.717, 1.165) is 52.5 Å². The number of likely N-dealkylation sites (N-methyl/N-ethyl adjacent to an activating group) is 1. The van der Waals surface area contributed by atoms with E-state index < -0.39 is 0 Å². The molecule has 5 rings (SSSR count). The van der Waals surface area contributed by atoms with Gasteiger partial charge in [0.2, 0.25) is 0 Å².